The van der Waals surface area contributed by atoms with Crippen molar-refractivity contribution in [3.05, 3.63) is 57.6 Å². The molecule has 0 bridgehead atoms. The van der Waals surface area contributed by atoms with Gasteiger partial charge in [0.05, 0.1) is 22.0 Å². The predicted octanol–water partition coefficient (Wildman–Crippen LogP) is 4.18. The van der Waals surface area contributed by atoms with Crippen LogP contribution in [0.5, 0.6) is 0 Å². The maximum atomic E-state index is 11.8. The maximum absolute atomic E-state index is 11.8. The van der Waals surface area contributed by atoms with Gasteiger partial charge in [0.15, 0.2) is 11.5 Å². The highest BCUT2D eigenvalue weighted by atomic mass is 35.5. The summed E-state index contributed by atoms with van der Waals surface area (Å²) in [5, 5.41) is 2.78. The first kappa shape index (κ1) is 13.0. The van der Waals surface area contributed by atoms with E-state index in [0.29, 0.717) is 33.0 Å². The Kier molecular flexibility index (Phi) is 3.62. The summed E-state index contributed by atoms with van der Waals surface area (Å²) < 4.78 is 11.4. The van der Waals surface area contributed by atoms with E-state index in [-0.39, 0.29) is 5.91 Å². The summed E-state index contributed by atoms with van der Waals surface area (Å²) in [4.78, 5) is 12.4. The molecule has 6 heteroatoms. The second-order valence-electron chi connectivity index (χ2n) is 4.03. The molecular weight excluding hydrogens is 298 g/mol. The third-order valence-corrected chi connectivity index (χ3v) is 3.88. The van der Waals surface area contributed by atoms with E-state index in [4.69, 9.17) is 20.4 Å². The number of halogens is 1. The lowest BCUT2D eigenvalue weighted by atomic mass is 10.3. The summed E-state index contributed by atoms with van der Waals surface area (Å²) in [6.07, 6.45) is 1.58. The van der Waals surface area contributed by atoms with Crippen molar-refractivity contribution < 1.29 is 13.6 Å². The van der Waals surface area contributed by atoms with Crippen LogP contribution in [0.2, 0.25) is 4.34 Å². The Morgan fingerprint density at radius 1 is 1.20 bits per heavy atom. The summed E-state index contributed by atoms with van der Waals surface area (Å²) in [5.74, 6) is 1.79. The van der Waals surface area contributed by atoms with E-state index in [0.717, 1.165) is 0 Å². The van der Waals surface area contributed by atoms with Crippen LogP contribution in [-0.4, -0.2) is 5.91 Å². The Morgan fingerprint density at radius 3 is 2.80 bits per heavy atom. The van der Waals surface area contributed by atoms with Gasteiger partial charge in [-0.3, -0.25) is 4.79 Å². The number of carbonyl (C=O) groups excluding carboxylic acids is 1. The van der Waals surface area contributed by atoms with Crippen molar-refractivity contribution in [2.45, 2.75) is 6.54 Å². The van der Waals surface area contributed by atoms with Gasteiger partial charge in [-0.15, -0.1) is 11.3 Å². The van der Waals surface area contributed by atoms with E-state index in [1.807, 2.05) is 12.1 Å². The Morgan fingerprint density at radius 2 is 2.10 bits per heavy atom. The van der Waals surface area contributed by atoms with Crippen molar-refractivity contribution >= 4 is 28.8 Å². The predicted molar refractivity (Wildman–Crippen MR) is 76.9 cm³/mol. The van der Waals surface area contributed by atoms with Crippen LogP contribution in [0, 0.1) is 0 Å². The van der Waals surface area contributed by atoms with Crippen LogP contribution in [-0.2, 0) is 6.54 Å². The van der Waals surface area contributed by atoms with Gasteiger partial charge in [-0.1, -0.05) is 11.6 Å². The quantitative estimate of drug-likeness (QED) is 0.786. The van der Waals surface area contributed by atoms with Crippen molar-refractivity contribution in [3.63, 3.8) is 0 Å². The standard InChI is InChI=1S/C14H10ClNO3S/c15-13-6-5-12(20-13)14(17)16-8-9-3-4-11(19-9)10-2-1-7-18-10/h1-7H,8H2,(H,16,17). The van der Waals surface area contributed by atoms with Gasteiger partial charge in [-0.05, 0) is 36.4 Å². The van der Waals surface area contributed by atoms with Crippen LogP contribution in [0.3, 0.4) is 0 Å². The molecule has 0 atom stereocenters. The lowest BCUT2D eigenvalue weighted by Gasteiger charge is -2.00. The van der Waals surface area contributed by atoms with E-state index in [1.165, 1.54) is 11.3 Å². The van der Waals surface area contributed by atoms with Gasteiger partial charge in [0, 0.05) is 0 Å². The fourth-order valence-corrected chi connectivity index (χ4v) is 2.67. The highest BCUT2D eigenvalue weighted by molar-refractivity contribution is 7.17. The molecule has 0 aliphatic heterocycles. The van der Waals surface area contributed by atoms with E-state index >= 15 is 0 Å². The van der Waals surface area contributed by atoms with Gasteiger partial charge < -0.3 is 14.2 Å². The molecule has 3 rings (SSSR count). The summed E-state index contributed by atoms with van der Waals surface area (Å²) in [5.41, 5.74) is 0. The zero-order valence-corrected chi connectivity index (χ0v) is 11.8. The topological polar surface area (TPSA) is 55.4 Å². The van der Waals surface area contributed by atoms with Crippen molar-refractivity contribution in [2.75, 3.05) is 0 Å². The molecule has 0 aromatic carbocycles. The summed E-state index contributed by atoms with van der Waals surface area (Å²) in [7, 11) is 0. The lowest BCUT2D eigenvalue weighted by molar-refractivity contribution is 0.0952. The van der Waals surface area contributed by atoms with Gasteiger partial charge >= 0.3 is 0 Å². The molecule has 4 nitrogen and oxygen atoms in total. The number of amides is 1. The summed E-state index contributed by atoms with van der Waals surface area (Å²) >= 11 is 7.03. The average molecular weight is 308 g/mol. The highest BCUT2D eigenvalue weighted by Gasteiger charge is 2.11. The monoisotopic (exact) mass is 307 g/mol. The van der Waals surface area contributed by atoms with Gasteiger partial charge in [0.1, 0.15) is 5.76 Å². The van der Waals surface area contributed by atoms with Gasteiger partial charge in [0.25, 0.3) is 5.91 Å². The molecule has 3 aromatic rings. The molecule has 102 valence electrons. The minimum atomic E-state index is -0.169. The number of nitrogens with one attached hydrogen (secondary N) is 1. The van der Waals surface area contributed by atoms with Crippen molar-refractivity contribution in [2.24, 2.45) is 0 Å². The van der Waals surface area contributed by atoms with Gasteiger partial charge in [-0.25, -0.2) is 0 Å². The first-order chi connectivity index (χ1) is 9.72. The summed E-state index contributed by atoms with van der Waals surface area (Å²) in [6, 6.07) is 10.6. The molecular formula is C14H10ClNO3S. The van der Waals surface area contributed by atoms with Gasteiger partial charge in [-0.2, -0.15) is 0 Å². The van der Waals surface area contributed by atoms with Crippen LogP contribution in [0.4, 0.5) is 0 Å². The Balaban J connectivity index is 1.63. The van der Waals surface area contributed by atoms with Crippen LogP contribution < -0.4 is 5.32 Å². The van der Waals surface area contributed by atoms with Crippen LogP contribution in [0.25, 0.3) is 11.5 Å². The highest BCUT2D eigenvalue weighted by Crippen LogP contribution is 2.23. The number of hydrogen-bond donors (Lipinski definition) is 1. The molecule has 3 aromatic heterocycles. The smallest absolute Gasteiger partial charge is 0.261 e. The molecule has 0 fully saturated rings. The van der Waals surface area contributed by atoms with Gasteiger partial charge in [0.2, 0.25) is 0 Å². The number of hydrogen-bond acceptors (Lipinski definition) is 4. The number of thiophene rings is 1. The molecule has 20 heavy (non-hydrogen) atoms. The second kappa shape index (κ2) is 5.56. The maximum Gasteiger partial charge on any atom is 0.261 e. The number of furan rings is 2. The molecule has 0 radical (unpaired) electrons. The summed E-state index contributed by atoms with van der Waals surface area (Å²) in [6.45, 7) is 0.315. The van der Waals surface area contributed by atoms with Crippen LogP contribution in [0.1, 0.15) is 15.4 Å². The SMILES string of the molecule is O=C(NCc1ccc(-c2ccco2)o1)c1ccc(Cl)s1. The van der Waals surface area contributed by atoms with E-state index in [1.54, 1.807) is 30.5 Å². The minimum absolute atomic E-state index is 0.169. The Hall–Kier alpha value is -1.98. The zero-order valence-electron chi connectivity index (χ0n) is 10.3. The third-order valence-electron chi connectivity index (χ3n) is 2.65. The van der Waals surface area contributed by atoms with Crippen molar-refractivity contribution in [1.29, 1.82) is 0 Å². The molecule has 0 saturated heterocycles. The molecule has 0 saturated carbocycles. The molecule has 1 amide bonds. The lowest BCUT2D eigenvalue weighted by Crippen LogP contribution is -2.21. The minimum Gasteiger partial charge on any atom is -0.461 e. The number of carbonyl (C=O) groups is 1. The van der Waals surface area contributed by atoms with Crippen LogP contribution in [0.15, 0.2) is 51.5 Å². The Bertz CT molecular complexity index is 714. The van der Waals surface area contributed by atoms with E-state index in [9.17, 15) is 4.79 Å². The van der Waals surface area contributed by atoms with Crippen LogP contribution >= 0.6 is 22.9 Å². The first-order valence-electron chi connectivity index (χ1n) is 5.88. The first-order valence-corrected chi connectivity index (χ1v) is 7.08. The van der Waals surface area contributed by atoms with E-state index in [2.05, 4.69) is 5.32 Å². The fourth-order valence-electron chi connectivity index (χ4n) is 1.71. The molecule has 0 unspecified atom stereocenters. The zero-order chi connectivity index (χ0) is 13.9. The van der Waals surface area contributed by atoms with Crippen molar-refractivity contribution in [3.8, 4) is 11.5 Å². The number of rotatable bonds is 4. The largest absolute Gasteiger partial charge is 0.461 e. The fraction of sp³-hybridized carbons (Fsp3) is 0.0714. The molecule has 3 heterocycles. The normalized spacial score (nSPS) is 10.7. The van der Waals surface area contributed by atoms with Crippen molar-refractivity contribution in [1.82, 2.24) is 5.32 Å². The second-order valence-corrected chi connectivity index (χ2v) is 5.74. The van der Waals surface area contributed by atoms with E-state index < -0.39 is 0 Å². The Labute approximate surface area is 124 Å². The molecule has 1 N–H and O–H groups in total. The average Bonchev–Trinajstić information content (AvgIpc) is 3.16. The third kappa shape index (κ3) is 2.79. The molecule has 0 aliphatic rings. The molecule has 0 spiro atoms. The molecule has 0 aliphatic carbocycles.